The Morgan fingerprint density at radius 2 is 2.00 bits per heavy atom. The van der Waals surface area contributed by atoms with Gasteiger partial charge in [-0.2, -0.15) is 0 Å². The first kappa shape index (κ1) is 16.9. The van der Waals surface area contributed by atoms with Crippen LogP contribution in [0.5, 0.6) is 0 Å². The quantitative estimate of drug-likeness (QED) is 0.540. The molecule has 0 aliphatic heterocycles. The van der Waals surface area contributed by atoms with E-state index in [-0.39, 0.29) is 11.7 Å². The van der Waals surface area contributed by atoms with Crippen LogP contribution in [0.3, 0.4) is 0 Å². The van der Waals surface area contributed by atoms with Crippen molar-refractivity contribution in [3.8, 4) is 0 Å². The van der Waals surface area contributed by atoms with Gasteiger partial charge in [0.15, 0.2) is 5.78 Å². The summed E-state index contributed by atoms with van der Waals surface area (Å²) in [7, 11) is 0. The fraction of sp³-hybridized carbons (Fsp3) is 0.318. The third-order valence-corrected chi connectivity index (χ3v) is 5.83. The minimum Gasteiger partial charge on any atom is -0.293 e. The van der Waals surface area contributed by atoms with Crippen LogP contribution in [0.4, 0.5) is 0 Å². The van der Waals surface area contributed by atoms with Crippen LogP contribution in [0, 0.1) is 12.8 Å². The zero-order valence-electron chi connectivity index (χ0n) is 14.4. The highest BCUT2D eigenvalue weighted by atomic mass is 32.1. The predicted octanol–water partition coefficient (Wildman–Crippen LogP) is 6.33. The van der Waals surface area contributed by atoms with Crippen molar-refractivity contribution in [1.82, 2.24) is 0 Å². The van der Waals surface area contributed by atoms with Crippen LogP contribution in [0.15, 0.2) is 65.6 Å². The van der Waals surface area contributed by atoms with Crippen molar-refractivity contribution in [1.29, 1.82) is 0 Å². The number of ketones is 1. The molecule has 3 rings (SSSR count). The molecular weight excluding hydrogens is 312 g/mol. The van der Waals surface area contributed by atoms with Crippen molar-refractivity contribution in [3.05, 3.63) is 81.6 Å². The lowest BCUT2D eigenvalue weighted by molar-refractivity contribution is 0.0980. The molecule has 0 spiro atoms. The molecule has 24 heavy (non-hydrogen) atoms. The highest BCUT2D eigenvalue weighted by molar-refractivity contribution is 7.12. The van der Waals surface area contributed by atoms with E-state index in [1.54, 1.807) is 11.3 Å². The van der Waals surface area contributed by atoms with E-state index in [0.29, 0.717) is 12.3 Å². The van der Waals surface area contributed by atoms with Gasteiger partial charge in [-0.25, -0.2) is 0 Å². The van der Waals surface area contributed by atoms with Gasteiger partial charge in [0.2, 0.25) is 0 Å². The molecule has 1 nitrogen and oxygen atoms in total. The number of allylic oxidation sites excluding steroid dienone is 4. The fourth-order valence-corrected chi connectivity index (χ4v) is 4.41. The molecule has 1 aliphatic rings. The average Bonchev–Trinajstić information content (AvgIpc) is 3.23. The van der Waals surface area contributed by atoms with Crippen LogP contribution in [0.2, 0.25) is 0 Å². The molecule has 2 aromatic rings. The molecule has 1 aromatic carbocycles. The molecule has 0 saturated heterocycles. The Hall–Kier alpha value is -1.93. The number of hydrogen-bond donors (Lipinski definition) is 0. The lowest BCUT2D eigenvalue weighted by Gasteiger charge is -2.24. The molecule has 1 aromatic heterocycles. The molecular formula is C22H24OS. The summed E-state index contributed by atoms with van der Waals surface area (Å²) >= 11 is 1.56. The van der Waals surface area contributed by atoms with Crippen molar-refractivity contribution in [2.45, 2.75) is 39.0 Å². The third kappa shape index (κ3) is 3.59. The van der Waals surface area contributed by atoms with Gasteiger partial charge < -0.3 is 0 Å². The highest BCUT2D eigenvalue weighted by Gasteiger charge is 2.27. The molecule has 124 valence electrons. The normalized spacial score (nSPS) is 17.8. The number of carbonyl (C=O) groups excluding carboxylic acids is 1. The highest BCUT2D eigenvalue weighted by Crippen LogP contribution is 2.39. The topological polar surface area (TPSA) is 17.1 Å². The zero-order chi connectivity index (χ0) is 16.9. The Morgan fingerprint density at radius 3 is 2.67 bits per heavy atom. The summed E-state index contributed by atoms with van der Waals surface area (Å²) in [5.41, 5.74) is 3.74. The van der Waals surface area contributed by atoms with Gasteiger partial charge in [0.05, 0.1) is 4.88 Å². The Labute approximate surface area is 148 Å². The summed E-state index contributed by atoms with van der Waals surface area (Å²) in [5.74, 6) is 0.906. The minimum absolute atomic E-state index is 0.173. The third-order valence-electron chi connectivity index (χ3n) is 4.77. The summed E-state index contributed by atoms with van der Waals surface area (Å²) in [6, 6.07) is 12.5. The lowest BCUT2D eigenvalue weighted by Crippen LogP contribution is -2.14. The maximum atomic E-state index is 12.9. The minimum atomic E-state index is 0.173. The summed E-state index contributed by atoms with van der Waals surface area (Å²) in [6.07, 6.45) is 9.54. The molecule has 0 amide bonds. The Kier molecular flexibility index (Phi) is 5.47. The van der Waals surface area contributed by atoms with E-state index in [0.717, 1.165) is 23.3 Å². The van der Waals surface area contributed by atoms with Crippen molar-refractivity contribution < 1.29 is 4.79 Å². The predicted molar refractivity (Wildman–Crippen MR) is 103 cm³/mol. The lowest BCUT2D eigenvalue weighted by atomic mass is 9.80. The van der Waals surface area contributed by atoms with Crippen LogP contribution >= 0.6 is 11.3 Å². The first-order valence-electron chi connectivity index (χ1n) is 8.71. The second kappa shape index (κ2) is 7.76. The second-order valence-corrected chi connectivity index (χ2v) is 7.39. The van der Waals surface area contributed by atoms with Gasteiger partial charge >= 0.3 is 0 Å². The zero-order valence-corrected chi connectivity index (χ0v) is 15.2. The van der Waals surface area contributed by atoms with E-state index in [1.165, 1.54) is 11.1 Å². The van der Waals surface area contributed by atoms with E-state index in [4.69, 9.17) is 0 Å². The van der Waals surface area contributed by atoms with Crippen LogP contribution < -0.4 is 0 Å². The maximum absolute atomic E-state index is 12.9. The number of hydrogen-bond acceptors (Lipinski definition) is 2. The van der Waals surface area contributed by atoms with Crippen molar-refractivity contribution in [2.75, 3.05) is 0 Å². The van der Waals surface area contributed by atoms with Crippen molar-refractivity contribution >= 4 is 17.1 Å². The molecule has 0 bridgehead atoms. The van der Waals surface area contributed by atoms with E-state index >= 15 is 0 Å². The number of carbonyl (C=O) groups is 1. The van der Waals surface area contributed by atoms with E-state index in [1.807, 2.05) is 24.4 Å². The fourth-order valence-electron chi connectivity index (χ4n) is 3.53. The average molecular weight is 336 g/mol. The smallest absolute Gasteiger partial charge is 0.173 e. The van der Waals surface area contributed by atoms with Crippen LogP contribution in [-0.2, 0) is 0 Å². The van der Waals surface area contributed by atoms with Gasteiger partial charge in [0, 0.05) is 12.3 Å². The van der Waals surface area contributed by atoms with Crippen LogP contribution in [0.25, 0.3) is 0 Å². The van der Waals surface area contributed by atoms with Crippen LogP contribution in [-0.4, -0.2) is 5.78 Å². The summed E-state index contributed by atoms with van der Waals surface area (Å²) in [5, 5.41) is 2.01. The summed E-state index contributed by atoms with van der Waals surface area (Å²) in [4.78, 5) is 13.8. The number of rotatable bonds is 7. The molecule has 0 fully saturated rings. The molecule has 1 heterocycles. The molecule has 0 saturated carbocycles. The molecule has 2 unspecified atom stereocenters. The SMILES string of the molecule is CCCC1C=CC=C1C(CC(=O)c1sccc1C)c1ccccc1. The number of benzene rings is 1. The van der Waals surface area contributed by atoms with Gasteiger partial charge in [-0.1, -0.05) is 67.5 Å². The van der Waals surface area contributed by atoms with Gasteiger partial charge in [-0.3, -0.25) is 4.79 Å². The summed E-state index contributed by atoms with van der Waals surface area (Å²) in [6.45, 7) is 4.25. The van der Waals surface area contributed by atoms with Gasteiger partial charge in [-0.15, -0.1) is 11.3 Å². The van der Waals surface area contributed by atoms with Gasteiger partial charge in [0.25, 0.3) is 0 Å². The van der Waals surface area contributed by atoms with Crippen molar-refractivity contribution in [3.63, 3.8) is 0 Å². The summed E-state index contributed by atoms with van der Waals surface area (Å²) < 4.78 is 0. The molecule has 2 heteroatoms. The van der Waals surface area contributed by atoms with Crippen molar-refractivity contribution in [2.24, 2.45) is 5.92 Å². The standard InChI is InChI=1S/C22H24OS/c1-3-8-17-11-7-12-19(17)20(18-9-5-4-6-10-18)15-21(23)22-16(2)13-14-24-22/h4-7,9-14,17,20H,3,8,15H2,1-2H3. The molecule has 0 N–H and O–H groups in total. The Bertz CT molecular complexity index is 751. The first-order valence-corrected chi connectivity index (χ1v) is 9.59. The molecule has 2 atom stereocenters. The van der Waals surface area contributed by atoms with E-state index in [2.05, 4.69) is 49.4 Å². The van der Waals surface area contributed by atoms with Gasteiger partial charge in [-0.05, 0) is 41.8 Å². The number of thiophene rings is 1. The maximum Gasteiger partial charge on any atom is 0.173 e. The Morgan fingerprint density at radius 1 is 1.21 bits per heavy atom. The number of Topliss-reactive ketones (excluding diaryl/α,β-unsaturated/α-hetero) is 1. The second-order valence-electron chi connectivity index (χ2n) is 6.47. The van der Waals surface area contributed by atoms with Gasteiger partial charge in [0.1, 0.15) is 0 Å². The molecule has 1 aliphatic carbocycles. The van der Waals surface area contributed by atoms with Crippen LogP contribution in [0.1, 0.15) is 52.9 Å². The molecule has 0 radical (unpaired) electrons. The first-order chi connectivity index (χ1) is 11.7. The largest absolute Gasteiger partial charge is 0.293 e. The number of aryl methyl sites for hydroxylation is 1. The Balaban J connectivity index is 1.89. The monoisotopic (exact) mass is 336 g/mol. The van der Waals surface area contributed by atoms with E-state index in [9.17, 15) is 4.79 Å². The van der Waals surface area contributed by atoms with E-state index < -0.39 is 0 Å².